The highest BCUT2D eigenvalue weighted by molar-refractivity contribution is 5.88. The van der Waals surface area contributed by atoms with Gasteiger partial charge in [0.25, 0.3) is 0 Å². The second-order valence-corrected chi connectivity index (χ2v) is 5.62. The summed E-state index contributed by atoms with van der Waals surface area (Å²) in [6.45, 7) is 6.00. The van der Waals surface area contributed by atoms with Gasteiger partial charge in [-0.3, -0.25) is 0 Å². The van der Waals surface area contributed by atoms with Gasteiger partial charge in [0.2, 0.25) is 0 Å². The molecule has 0 aliphatic carbocycles. The average molecular weight is 304 g/mol. The number of oxazole rings is 1. The molecule has 0 unspecified atom stereocenters. The van der Waals surface area contributed by atoms with Crippen LogP contribution in [0.5, 0.6) is 0 Å². The van der Waals surface area contributed by atoms with Crippen molar-refractivity contribution in [3.63, 3.8) is 0 Å². The average Bonchev–Trinajstić information content (AvgIpc) is 3.12. The summed E-state index contributed by atoms with van der Waals surface area (Å²) >= 11 is 0. The summed E-state index contributed by atoms with van der Waals surface area (Å²) in [7, 11) is 0. The number of aryl methyl sites for hydroxylation is 3. The molecule has 4 rings (SSSR count). The lowest BCUT2D eigenvalue weighted by Gasteiger charge is -2.12. The van der Waals surface area contributed by atoms with Crippen LogP contribution in [0.3, 0.4) is 0 Å². The van der Waals surface area contributed by atoms with Crippen LogP contribution in [-0.4, -0.2) is 19.7 Å². The Balaban J connectivity index is 2.00. The lowest BCUT2D eigenvalue weighted by molar-refractivity contribution is 0.561. The van der Waals surface area contributed by atoms with Gasteiger partial charge in [-0.1, -0.05) is 24.3 Å². The molecule has 5 heteroatoms. The molecule has 23 heavy (non-hydrogen) atoms. The van der Waals surface area contributed by atoms with Gasteiger partial charge < -0.3 is 4.42 Å². The Morgan fingerprint density at radius 3 is 2.48 bits per heavy atom. The Morgan fingerprint density at radius 1 is 0.957 bits per heavy atom. The van der Waals surface area contributed by atoms with Gasteiger partial charge in [0.15, 0.2) is 17.3 Å². The zero-order valence-corrected chi connectivity index (χ0v) is 13.2. The maximum Gasteiger partial charge on any atom is 0.192 e. The standard InChI is InChI=1S/C18H16N4O/c1-11-6-4-7-12(2)16(11)22-18(19-10-20-22)14-8-5-9-15-17(14)23-13(3)21-15/h4-10H,1-3H3. The molecule has 0 saturated heterocycles. The van der Waals surface area contributed by atoms with Crippen molar-refractivity contribution in [1.29, 1.82) is 0 Å². The molecule has 0 N–H and O–H groups in total. The monoisotopic (exact) mass is 304 g/mol. The van der Waals surface area contributed by atoms with E-state index in [1.54, 1.807) is 6.33 Å². The number of hydrogen-bond acceptors (Lipinski definition) is 4. The molecule has 0 radical (unpaired) electrons. The van der Waals surface area contributed by atoms with Gasteiger partial charge in [0, 0.05) is 6.92 Å². The zero-order valence-electron chi connectivity index (χ0n) is 13.2. The van der Waals surface area contributed by atoms with Crippen LogP contribution in [0.25, 0.3) is 28.2 Å². The van der Waals surface area contributed by atoms with Gasteiger partial charge in [-0.05, 0) is 37.1 Å². The molecule has 5 nitrogen and oxygen atoms in total. The molecule has 0 atom stereocenters. The van der Waals surface area contributed by atoms with E-state index in [0.29, 0.717) is 5.89 Å². The smallest absolute Gasteiger partial charge is 0.192 e. The van der Waals surface area contributed by atoms with Crippen molar-refractivity contribution in [2.45, 2.75) is 20.8 Å². The molecule has 0 aliphatic heterocycles. The van der Waals surface area contributed by atoms with E-state index in [0.717, 1.165) is 39.3 Å². The van der Waals surface area contributed by atoms with E-state index >= 15 is 0 Å². The number of benzene rings is 2. The van der Waals surface area contributed by atoms with Crippen molar-refractivity contribution >= 4 is 11.1 Å². The third kappa shape index (κ3) is 2.12. The molecule has 114 valence electrons. The van der Waals surface area contributed by atoms with Crippen molar-refractivity contribution in [3.05, 3.63) is 59.7 Å². The van der Waals surface area contributed by atoms with Crippen molar-refractivity contribution in [1.82, 2.24) is 19.7 Å². The highest BCUT2D eigenvalue weighted by Gasteiger charge is 2.17. The third-order valence-corrected chi connectivity index (χ3v) is 3.96. The van der Waals surface area contributed by atoms with E-state index in [1.165, 1.54) is 0 Å². The second kappa shape index (κ2) is 5.05. The first kappa shape index (κ1) is 13.7. The van der Waals surface area contributed by atoms with Gasteiger partial charge in [-0.25, -0.2) is 14.6 Å². The maximum atomic E-state index is 5.78. The fourth-order valence-corrected chi connectivity index (χ4v) is 2.96. The molecule has 2 aromatic carbocycles. The molecular formula is C18H16N4O. The molecule has 0 fully saturated rings. The second-order valence-electron chi connectivity index (χ2n) is 5.62. The first-order chi connectivity index (χ1) is 11.1. The summed E-state index contributed by atoms with van der Waals surface area (Å²) in [5.41, 5.74) is 5.81. The van der Waals surface area contributed by atoms with Gasteiger partial charge in [0.1, 0.15) is 11.8 Å². The first-order valence-corrected chi connectivity index (χ1v) is 7.48. The molecule has 0 saturated carbocycles. The molecular weight excluding hydrogens is 288 g/mol. The number of fused-ring (bicyclic) bond motifs is 1. The first-order valence-electron chi connectivity index (χ1n) is 7.48. The molecule has 0 bridgehead atoms. The predicted octanol–water partition coefficient (Wildman–Crippen LogP) is 4.00. The van der Waals surface area contributed by atoms with E-state index in [4.69, 9.17) is 4.42 Å². The van der Waals surface area contributed by atoms with Crippen LogP contribution in [0.2, 0.25) is 0 Å². The van der Waals surface area contributed by atoms with Crippen molar-refractivity contribution in [2.24, 2.45) is 0 Å². The van der Waals surface area contributed by atoms with E-state index in [9.17, 15) is 0 Å². The number of para-hydroxylation sites is 2. The normalized spacial score (nSPS) is 11.3. The van der Waals surface area contributed by atoms with Crippen LogP contribution in [0.1, 0.15) is 17.0 Å². The fourth-order valence-electron chi connectivity index (χ4n) is 2.96. The lowest BCUT2D eigenvalue weighted by atomic mass is 10.1. The number of hydrogen-bond donors (Lipinski definition) is 0. The van der Waals surface area contributed by atoms with Crippen LogP contribution in [0.4, 0.5) is 0 Å². The van der Waals surface area contributed by atoms with Gasteiger partial charge in [0.05, 0.1) is 11.3 Å². The predicted molar refractivity (Wildman–Crippen MR) is 88.6 cm³/mol. The summed E-state index contributed by atoms with van der Waals surface area (Å²) in [5.74, 6) is 1.40. The topological polar surface area (TPSA) is 56.7 Å². The summed E-state index contributed by atoms with van der Waals surface area (Å²) in [5, 5.41) is 4.44. The van der Waals surface area contributed by atoms with Crippen molar-refractivity contribution < 1.29 is 4.42 Å². The molecule has 0 amide bonds. The Labute approximate surface area is 133 Å². The lowest BCUT2D eigenvalue weighted by Crippen LogP contribution is -2.04. The van der Waals surface area contributed by atoms with Crippen LogP contribution >= 0.6 is 0 Å². The van der Waals surface area contributed by atoms with E-state index in [2.05, 4.69) is 41.0 Å². The SMILES string of the molecule is Cc1nc2cccc(-c3ncnn3-c3c(C)cccc3C)c2o1. The van der Waals surface area contributed by atoms with Crippen molar-refractivity contribution in [3.8, 4) is 17.1 Å². The summed E-state index contributed by atoms with van der Waals surface area (Å²) in [6.07, 6.45) is 1.57. The quantitative estimate of drug-likeness (QED) is 0.561. The molecule has 0 aliphatic rings. The van der Waals surface area contributed by atoms with Gasteiger partial charge in [-0.2, -0.15) is 5.10 Å². The van der Waals surface area contributed by atoms with Gasteiger partial charge in [-0.15, -0.1) is 0 Å². The minimum Gasteiger partial charge on any atom is -0.440 e. The van der Waals surface area contributed by atoms with Crippen LogP contribution < -0.4 is 0 Å². The molecule has 2 aromatic heterocycles. The van der Waals surface area contributed by atoms with Gasteiger partial charge >= 0.3 is 0 Å². The minimum atomic E-state index is 0.644. The summed E-state index contributed by atoms with van der Waals surface area (Å²) in [6, 6.07) is 12.1. The van der Waals surface area contributed by atoms with Crippen molar-refractivity contribution in [2.75, 3.05) is 0 Å². The number of aromatic nitrogens is 4. The molecule has 2 heterocycles. The highest BCUT2D eigenvalue weighted by atomic mass is 16.3. The van der Waals surface area contributed by atoms with Crippen LogP contribution in [0, 0.1) is 20.8 Å². The Hall–Kier alpha value is -2.95. The highest BCUT2D eigenvalue weighted by Crippen LogP contribution is 2.30. The van der Waals surface area contributed by atoms with Crippen LogP contribution in [-0.2, 0) is 0 Å². The van der Waals surface area contributed by atoms with E-state index in [1.807, 2.05) is 35.9 Å². The Kier molecular flexibility index (Phi) is 3.01. The fraction of sp³-hybridized carbons (Fsp3) is 0.167. The summed E-state index contributed by atoms with van der Waals surface area (Å²) in [4.78, 5) is 8.87. The Morgan fingerprint density at radius 2 is 1.70 bits per heavy atom. The van der Waals surface area contributed by atoms with E-state index in [-0.39, 0.29) is 0 Å². The van der Waals surface area contributed by atoms with Crippen LogP contribution in [0.15, 0.2) is 47.1 Å². The zero-order chi connectivity index (χ0) is 16.0. The van der Waals surface area contributed by atoms with E-state index < -0.39 is 0 Å². The third-order valence-electron chi connectivity index (χ3n) is 3.96. The Bertz CT molecular complexity index is 993. The number of rotatable bonds is 2. The summed E-state index contributed by atoms with van der Waals surface area (Å²) < 4.78 is 7.65. The maximum absolute atomic E-state index is 5.78. The number of nitrogens with zero attached hydrogens (tertiary/aromatic N) is 4. The largest absolute Gasteiger partial charge is 0.440 e. The minimum absolute atomic E-state index is 0.644. The molecule has 0 spiro atoms. The molecule has 4 aromatic rings.